The zero-order valence-electron chi connectivity index (χ0n) is 8.64. The van der Waals surface area contributed by atoms with Crippen LogP contribution in [0.5, 0.6) is 0 Å². The molecule has 1 atom stereocenters. The van der Waals surface area contributed by atoms with Crippen molar-refractivity contribution in [2.45, 2.75) is 18.5 Å². The zero-order chi connectivity index (χ0) is 12.6. The lowest BCUT2D eigenvalue weighted by Gasteiger charge is -2.13. The fourth-order valence-corrected chi connectivity index (χ4v) is 2.10. The summed E-state index contributed by atoms with van der Waals surface area (Å²) >= 11 is 5.67. The van der Waals surface area contributed by atoms with Gasteiger partial charge in [-0.1, -0.05) is 11.6 Å². The predicted molar refractivity (Wildman–Crippen MR) is 56.8 cm³/mol. The molecule has 1 saturated heterocycles. The van der Waals surface area contributed by atoms with E-state index in [0.717, 1.165) is 12.1 Å². The molecule has 0 spiro atoms. The van der Waals surface area contributed by atoms with E-state index in [4.69, 9.17) is 11.6 Å². The van der Waals surface area contributed by atoms with E-state index in [2.05, 4.69) is 5.32 Å². The van der Waals surface area contributed by atoms with Crippen molar-refractivity contribution in [3.8, 4) is 0 Å². The summed E-state index contributed by atoms with van der Waals surface area (Å²) in [5.74, 6) is -0.383. The van der Waals surface area contributed by atoms with Crippen LogP contribution in [0.1, 0.15) is 23.5 Å². The van der Waals surface area contributed by atoms with E-state index in [1.807, 2.05) is 0 Å². The number of carbonyl (C=O) groups is 1. The Morgan fingerprint density at radius 2 is 2.00 bits per heavy atom. The maximum Gasteiger partial charge on any atom is 0.416 e. The lowest BCUT2D eigenvalue weighted by atomic mass is 9.96. The minimum Gasteiger partial charge on any atom is -0.355 e. The molecule has 6 heteroatoms. The number of benzene rings is 1. The maximum absolute atomic E-state index is 12.6. The van der Waals surface area contributed by atoms with Gasteiger partial charge in [-0.15, -0.1) is 0 Å². The molecule has 1 aliphatic heterocycles. The predicted octanol–water partition coefficient (Wildman–Crippen LogP) is 2.96. The van der Waals surface area contributed by atoms with Gasteiger partial charge in [0.15, 0.2) is 0 Å². The van der Waals surface area contributed by atoms with Crippen molar-refractivity contribution in [3.63, 3.8) is 0 Å². The number of carbonyl (C=O) groups excluding carboxylic acids is 1. The van der Waals surface area contributed by atoms with Crippen molar-refractivity contribution in [1.29, 1.82) is 0 Å². The van der Waals surface area contributed by atoms with Crippen molar-refractivity contribution < 1.29 is 18.0 Å². The third kappa shape index (κ3) is 2.72. The highest BCUT2D eigenvalue weighted by Crippen LogP contribution is 2.34. The minimum atomic E-state index is -4.42. The second-order valence-corrected chi connectivity index (χ2v) is 4.41. The smallest absolute Gasteiger partial charge is 0.355 e. The van der Waals surface area contributed by atoms with Crippen LogP contribution in [0.4, 0.5) is 13.2 Å². The number of hydrogen-bond donors (Lipinski definition) is 1. The highest BCUT2D eigenvalue weighted by molar-refractivity contribution is 6.30. The molecule has 1 amide bonds. The molecule has 0 radical (unpaired) electrons. The van der Waals surface area contributed by atoms with Gasteiger partial charge in [-0.25, -0.2) is 0 Å². The SMILES string of the molecule is O=C1CC(c2cc(Cl)cc(C(F)(F)F)c2)CN1. The van der Waals surface area contributed by atoms with E-state index in [1.165, 1.54) is 6.07 Å². The van der Waals surface area contributed by atoms with E-state index in [1.54, 1.807) is 0 Å². The molecule has 1 aromatic carbocycles. The van der Waals surface area contributed by atoms with Gasteiger partial charge in [-0.3, -0.25) is 4.79 Å². The van der Waals surface area contributed by atoms with Gasteiger partial charge in [0.2, 0.25) is 5.91 Å². The molecule has 1 aliphatic rings. The molecule has 0 bridgehead atoms. The molecule has 17 heavy (non-hydrogen) atoms. The number of hydrogen-bond acceptors (Lipinski definition) is 1. The molecule has 0 aromatic heterocycles. The topological polar surface area (TPSA) is 29.1 Å². The molecule has 0 aliphatic carbocycles. The van der Waals surface area contributed by atoms with E-state index in [-0.39, 0.29) is 23.3 Å². The molecular weight excluding hydrogens is 255 g/mol. The Morgan fingerprint density at radius 3 is 2.53 bits per heavy atom. The van der Waals surface area contributed by atoms with E-state index in [9.17, 15) is 18.0 Å². The lowest BCUT2D eigenvalue weighted by Crippen LogP contribution is -2.13. The van der Waals surface area contributed by atoms with Crippen molar-refractivity contribution in [2.24, 2.45) is 0 Å². The first-order chi connectivity index (χ1) is 7.86. The summed E-state index contributed by atoms with van der Waals surface area (Å²) in [5, 5.41) is 2.62. The van der Waals surface area contributed by atoms with Gasteiger partial charge in [-0.2, -0.15) is 13.2 Å². The molecule has 1 unspecified atom stereocenters. The Morgan fingerprint density at radius 1 is 1.29 bits per heavy atom. The van der Waals surface area contributed by atoms with Crippen LogP contribution in [0.25, 0.3) is 0 Å². The second-order valence-electron chi connectivity index (χ2n) is 3.98. The van der Waals surface area contributed by atoms with Crippen LogP contribution >= 0.6 is 11.6 Å². The average Bonchev–Trinajstić information content (AvgIpc) is 2.62. The Bertz CT molecular complexity index is 459. The number of rotatable bonds is 1. The lowest BCUT2D eigenvalue weighted by molar-refractivity contribution is -0.137. The Hall–Kier alpha value is -1.23. The first kappa shape index (κ1) is 12.2. The van der Waals surface area contributed by atoms with Crippen LogP contribution in [-0.2, 0) is 11.0 Å². The molecule has 2 rings (SSSR count). The fraction of sp³-hybridized carbons (Fsp3) is 0.364. The highest BCUT2D eigenvalue weighted by atomic mass is 35.5. The molecule has 92 valence electrons. The maximum atomic E-state index is 12.6. The molecule has 1 fully saturated rings. The second kappa shape index (κ2) is 4.22. The van der Waals surface area contributed by atoms with Crippen molar-refractivity contribution in [1.82, 2.24) is 5.32 Å². The summed E-state index contributed by atoms with van der Waals surface area (Å²) in [7, 11) is 0. The summed E-state index contributed by atoms with van der Waals surface area (Å²) in [6.07, 6.45) is -4.21. The Balaban J connectivity index is 2.35. The molecule has 0 saturated carbocycles. The van der Waals surface area contributed by atoms with Gasteiger partial charge >= 0.3 is 6.18 Å². The zero-order valence-corrected chi connectivity index (χ0v) is 9.40. The summed E-state index contributed by atoms with van der Waals surface area (Å²) in [5.41, 5.74) is -0.331. The summed E-state index contributed by atoms with van der Waals surface area (Å²) in [6, 6.07) is 3.41. The number of alkyl halides is 3. The van der Waals surface area contributed by atoms with Crippen LogP contribution in [-0.4, -0.2) is 12.5 Å². The van der Waals surface area contributed by atoms with Gasteiger partial charge in [-0.05, 0) is 23.8 Å². The average molecular weight is 264 g/mol. The first-order valence-corrected chi connectivity index (χ1v) is 5.38. The summed E-state index contributed by atoms with van der Waals surface area (Å²) < 4.78 is 37.7. The third-order valence-corrected chi connectivity index (χ3v) is 2.91. The highest BCUT2D eigenvalue weighted by Gasteiger charge is 2.32. The Labute approximate surface area is 101 Å². The Kier molecular flexibility index (Phi) is 3.03. The standard InChI is InChI=1S/C11H9ClF3NO/c12-9-2-6(7-3-10(17)16-5-7)1-8(4-9)11(13,14)15/h1-2,4,7H,3,5H2,(H,16,17). The van der Waals surface area contributed by atoms with E-state index < -0.39 is 11.7 Å². The van der Waals surface area contributed by atoms with Crippen molar-refractivity contribution >= 4 is 17.5 Å². The number of nitrogens with one attached hydrogen (secondary N) is 1. The minimum absolute atomic E-state index is 0.0363. The van der Waals surface area contributed by atoms with Crippen molar-refractivity contribution in [3.05, 3.63) is 34.3 Å². The molecular formula is C11H9ClF3NO. The van der Waals surface area contributed by atoms with Gasteiger partial charge < -0.3 is 5.32 Å². The van der Waals surface area contributed by atoms with Gasteiger partial charge in [0, 0.05) is 23.9 Å². The molecule has 1 N–H and O–H groups in total. The molecule has 1 heterocycles. The summed E-state index contributed by atoms with van der Waals surface area (Å²) in [6.45, 7) is 0.358. The van der Waals surface area contributed by atoms with E-state index >= 15 is 0 Å². The van der Waals surface area contributed by atoms with Crippen LogP contribution < -0.4 is 5.32 Å². The quantitative estimate of drug-likeness (QED) is 0.829. The first-order valence-electron chi connectivity index (χ1n) is 5.00. The third-order valence-electron chi connectivity index (χ3n) is 2.70. The van der Waals surface area contributed by atoms with Gasteiger partial charge in [0.05, 0.1) is 5.56 Å². The van der Waals surface area contributed by atoms with E-state index in [0.29, 0.717) is 12.1 Å². The molecule has 1 aromatic rings. The van der Waals surface area contributed by atoms with Crippen LogP contribution in [0, 0.1) is 0 Å². The van der Waals surface area contributed by atoms with Crippen LogP contribution in [0.15, 0.2) is 18.2 Å². The van der Waals surface area contributed by atoms with Gasteiger partial charge in [0.25, 0.3) is 0 Å². The number of amides is 1. The molecule has 2 nitrogen and oxygen atoms in total. The largest absolute Gasteiger partial charge is 0.416 e. The monoisotopic (exact) mass is 263 g/mol. The summed E-state index contributed by atoms with van der Waals surface area (Å²) in [4.78, 5) is 11.0. The van der Waals surface area contributed by atoms with Crippen LogP contribution in [0.3, 0.4) is 0 Å². The van der Waals surface area contributed by atoms with Gasteiger partial charge in [0.1, 0.15) is 0 Å². The fourth-order valence-electron chi connectivity index (χ4n) is 1.85. The van der Waals surface area contributed by atoms with Crippen molar-refractivity contribution in [2.75, 3.05) is 6.54 Å². The normalized spacial score (nSPS) is 20.5. The number of halogens is 4. The van der Waals surface area contributed by atoms with Crippen LogP contribution in [0.2, 0.25) is 5.02 Å².